The van der Waals surface area contributed by atoms with Crippen LogP contribution in [0, 0.1) is 6.92 Å². The summed E-state index contributed by atoms with van der Waals surface area (Å²) in [5, 5.41) is 13.2. The molecule has 1 aliphatic rings. The van der Waals surface area contributed by atoms with Crippen molar-refractivity contribution in [2.75, 3.05) is 0 Å². The molecule has 3 heterocycles. The minimum absolute atomic E-state index is 0.576. The van der Waals surface area contributed by atoms with Gasteiger partial charge in [-0.2, -0.15) is 5.10 Å². The van der Waals surface area contributed by atoms with Crippen molar-refractivity contribution in [2.45, 2.75) is 19.8 Å². The van der Waals surface area contributed by atoms with E-state index in [1.54, 1.807) is 11.0 Å². The molecule has 1 aliphatic heterocycles. The van der Waals surface area contributed by atoms with E-state index in [1.165, 1.54) is 11.9 Å². The van der Waals surface area contributed by atoms with Crippen LogP contribution in [-0.4, -0.2) is 35.6 Å². The van der Waals surface area contributed by atoms with Crippen LogP contribution in [0.3, 0.4) is 0 Å². The van der Waals surface area contributed by atoms with Gasteiger partial charge in [-0.25, -0.2) is 19.3 Å². The molecule has 0 N–H and O–H groups in total. The average Bonchev–Trinajstić information content (AvgIpc) is 3.31. The Balaban J connectivity index is 1.67. The normalized spacial score (nSPS) is 12.9. The maximum Gasteiger partial charge on any atom is 0.138 e. The summed E-state index contributed by atoms with van der Waals surface area (Å²) in [6.07, 6.45) is 4.49. The summed E-state index contributed by atoms with van der Waals surface area (Å²) in [5.41, 5.74) is 6.11. The standard InChI is InChI=1S/C20H17N7/c1-14-7-8-16-18(9-14)27-19(11-20(23-16)26-13-21-12-22-26)17(24-25-27)10-15-5-3-2-4-6-15/h2-9,12-13H,10-11H2,1H3. The van der Waals surface area contributed by atoms with E-state index in [0.717, 1.165) is 40.6 Å². The molecule has 0 spiro atoms. The molecular weight excluding hydrogens is 338 g/mol. The lowest BCUT2D eigenvalue weighted by Gasteiger charge is -2.07. The maximum absolute atomic E-state index is 4.85. The zero-order chi connectivity index (χ0) is 18.2. The lowest BCUT2D eigenvalue weighted by Crippen LogP contribution is -2.17. The van der Waals surface area contributed by atoms with E-state index >= 15 is 0 Å². The Bertz CT molecular complexity index is 1120. The molecule has 0 radical (unpaired) electrons. The fourth-order valence-corrected chi connectivity index (χ4v) is 3.33. The van der Waals surface area contributed by atoms with Crippen LogP contribution in [0.2, 0.25) is 0 Å². The Morgan fingerprint density at radius 3 is 2.78 bits per heavy atom. The molecular formula is C20H17N7. The second-order valence-electron chi connectivity index (χ2n) is 6.59. The molecule has 0 fully saturated rings. The Morgan fingerprint density at radius 2 is 1.96 bits per heavy atom. The molecule has 0 bridgehead atoms. The highest BCUT2D eigenvalue weighted by atomic mass is 15.4. The summed E-state index contributed by atoms with van der Waals surface area (Å²) in [7, 11) is 0. The number of fused-ring (bicyclic) bond motifs is 3. The first-order chi connectivity index (χ1) is 13.3. The quantitative estimate of drug-likeness (QED) is 0.554. The van der Waals surface area contributed by atoms with Crippen molar-refractivity contribution < 1.29 is 0 Å². The van der Waals surface area contributed by atoms with E-state index in [-0.39, 0.29) is 0 Å². The smallest absolute Gasteiger partial charge is 0.138 e. The SMILES string of the molecule is Cc1ccc2c(c1)-n1nnc(Cc3ccccc3)c1CC(n1cncn1)=N2. The van der Waals surface area contributed by atoms with Gasteiger partial charge < -0.3 is 0 Å². The second-order valence-corrected chi connectivity index (χ2v) is 6.59. The molecule has 4 aromatic rings. The van der Waals surface area contributed by atoms with Gasteiger partial charge in [0.25, 0.3) is 0 Å². The van der Waals surface area contributed by atoms with Crippen molar-refractivity contribution in [2.24, 2.45) is 4.99 Å². The van der Waals surface area contributed by atoms with Crippen LogP contribution in [-0.2, 0) is 12.8 Å². The lowest BCUT2D eigenvalue weighted by atomic mass is 10.1. The Kier molecular flexibility index (Phi) is 3.64. The third kappa shape index (κ3) is 2.83. The highest BCUT2D eigenvalue weighted by Crippen LogP contribution is 2.30. The summed E-state index contributed by atoms with van der Waals surface area (Å²) >= 11 is 0. The summed E-state index contributed by atoms with van der Waals surface area (Å²) in [6.45, 7) is 2.06. The van der Waals surface area contributed by atoms with Gasteiger partial charge >= 0.3 is 0 Å². The van der Waals surface area contributed by atoms with Gasteiger partial charge in [0.1, 0.15) is 18.5 Å². The zero-order valence-electron chi connectivity index (χ0n) is 14.8. The van der Waals surface area contributed by atoms with Crippen molar-refractivity contribution in [3.05, 3.63) is 83.7 Å². The molecule has 0 atom stereocenters. The summed E-state index contributed by atoms with van der Waals surface area (Å²) in [6, 6.07) is 16.5. The number of aryl methyl sites for hydroxylation is 1. The van der Waals surface area contributed by atoms with Gasteiger partial charge in [0.15, 0.2) is 0 Å². The van der Waals surface area contributed by atoms with E-state index in [1.807, 2.05) is 35.0 Å². The first-order valence-electron chi connectivity index (χ1n) is 8.79. The first-order valence-corrected chi connectivity index (χ1v) is 8.79. The minimum atomic E-state index is 0.576. The number of hydrogen-bond donors (Lipinski definition) is 0. The predicted octanol–water partition coefficient (Wildman–Crippen LogP) is 2.89. The number of benzene rings is 2. The number of hydrogen-bond acceptors (Lipinski definition) is 5. The molecule has 5 rings (SSSR count). The molecule has 2 aromatic carbocycles. The van der Waals surface area contributed by atoms with Crippen molar-refractivity contribution in [3.63, 3.8) is 0 Å². The first kappa shape index (κ1) is 15.6. The van der Waals surface area contributed by atoms with Gasteiger partial charge in [-0.3, -0.25) is 0 Å². The fraction of sp³-hybridized carbons (Fsp3) is 0.150. The number of rotatable bonds is 2. The zero-order valence-corrected chi connectivity index (χ0v) is 14.8. The van der Waals surface area contributed by atoms with Crippen molar-refractivity contribution in [1.82, 2.24) is 29.8 Å². The van der Waals surface area contributed by atoms with Crippen LogP contribution in [0.5, 0.6) is 0 Å². The number of aromatic nitrogens is 6. The lowest BCUT2D eigenvalue weighted by molar-refractivity contribution is 0.778. The Hall–Kier alpha value is -3.61. The largest absolute Gasteiger partial charge is 0.231 e. The van der Waals surface area contributed by atoms with Crippen LogP contribution in [0.4, 0.5) is 5.69 Å². The topological polar surface area (TPSA) is 73.8 Å². The van der Waals surface area contributed by atoms with E-state index in [9.17, 15) is 0 Å². The van der Waals surface area contributed by atoms with Crippen LogP contribution in [0.15, 0.2) is 66.2 Å². The van der Waals surface area contributed by atoms with Gasteiger partial charge in [-0.15, -0.1) is 5.10 Å². The predicted molar refractivity (Wildman–Crippen MR) is 102 cm³/mol. The highest BCUT2D eigenvalue weighted by molar-refractivity contribution is 5.90. The van der Waals surface area contributed by atoms with Gasteiger partial charge in [-0.1, -0.05) is 41.6 Å². The van der Waals surface area contributed by atoms with Gasteiger partial charge in [0.2, 0.25) is 0 Å². The van der Waals surface area contributed by atoms with Crippen LogP contribution < -0.4 is 0 Å². The second kappa shape index (κ2) is 6.28. The Morgan fingerprint density at radius 1 is 1.07 bits per heavy atom. The third-order valence-corrected chi connectivity index (χ3v) is 4.68. The summed E-state index contributed by atoms with van der Waals surface area (Å²) in [5.74, 6) is 0.799. The van der Waals surface area contributed by atoms with E-state index in [0.29, 0.717) is 6.42 Å². The average molecular weight is 355 g/mol. The molecule has 7 nitrogen and oxygen atoms in total. The van der Waals surface area contributed by atoms with Crippen molar-refractivity contribution in [1.29, 1.82) is 0 Å². The highest BCUT2D eigenvalue weighted by Gasteiger charge is 2.23. The summed E-state index contributed by atoms with van der Waals surface area (Å²) < 4.78 is 3.62. The van der Waals surface area contributed by atoms with Gasteiger partial charge in [-0.05, 0) is 30.2 Å². The molecule has 0 saturated heterocycles. The molecule has 0 unspecified atom stereocenters. The molecule has 27 heavy (non-hydrogen) atoms. The van der Waals surface area contributed by atoms with Crippen LogP contribution >= 0.6 is 0 Å². The van der Waals surface area contributed by atoms with Gasteiger partial charge in [0.05, 0.1) is 29.2 Å². The third-order valence-electron chi connectivity index (χ3n) is 4.68. The van der Waals surface area contributed by atoms with E-state index in [4.69, 9.17) is 4.99 Å². The number of nitrogens with zero attached hydrogens (tertiary/aromatic N) is 7. The molecule has 7 heteroatoms. The minimum Gasteiger partial charge on any atom is -0.231 e. The molecule has 2 aromatic heterocycles. The van der Waals surface area contributed by atoms with Gasteiger partial charge in [0, 0.05) is 6.42 Å². The molecule has 132 valence electrons. The summed E-state index contributed by atoms with van der Waals surface area (Å²) in [4.78, 5) is 8.91. The van der Waals surface area contributed by atoms with Crippen molar-refractivity contribution in [3.8, 4) is 5.69 Å². The molecule has 0 aliphatic carbocycles. The van der Waals surface area contributed by atoms with Crippen LogP contribution in [0.1, 0.15) is 22.5 Å². The molecule has 0 amide bonds. The van der Waals surface area contributed by atoms with Crippen molar-refractivity contribution >= 4 is 11.5 Å². The fourth-order valence-electron chi connectivity index (χ4n) is 3.33. The van der Waals surface area contributed by atoms with Crippen LogP contribution in [0.25, 0.3) is 5.69 Å². The van der Waals surface area contributed by atoms with E-state index < -0.39 is 0 Å². The number of aliphatic imine (C=N–C) groups is 1. The monoisotopic (exact) mass is 355 g/mol. The Labute approximate surface area is 156 Å². The van der Waals surface area contributed by atoms with E-state index in [2.05, 4.69) is 45.5 Å². The molecule has 0 saturated carbocycles. The maximum atomic E-state index is 4.85.